The lowest BCUT2D eigenvalue weighted by atomic mass is 10.0. The summed E-state index contributed by atoms with van der Waals surface area (Å²) < 4.78 is 5.19. The molecule has 5 heteroatoms. The lowest BCUT2D eigenvalue weighted by Crippen LogP contribution is -2.43. The van der Waals surface area contributed by atoms with Crippen LogP contribution in [0.15, 0.2) is 0 Å². The largest absolute Gasteiger partial charge is 0.444 e. The second-order valence-corrected chi connectivity index (χ2v) is 5.90. The fourth-order valence-corrected chi connectivity index (χ4v) is 1.95. The third-order valence-corrected chi connectivity index (χ3v) is 2.68. The van der Waals surface area contributed by atoms with Gasteiger partial charge in [0.05, 0.1) is 0 Å². The van der Waals surface area contributed by atoms with Crippen molar-refractivity contribution in [3.05, 3.63) is 0 Å². The van der Waals surface area contributed by atoms with E-state index >= 15 is 0 Å². The Balaban J connectivity index is 2.42. The van der Waals surface area contributed by atoms with Crippen molar-refractivity contribution < 1.29 is 14.7 Å². The van der Waals surface area contributed by atoms with E-state index in [0.717, 1.165) is 12.8 Å². The van der Waals surface area contributed by atoms with Crippen LogP contribution in [0.4, 0.5) is 4.79 Å². The van der Waals surface area contributed by atoms with Crippen molar-refractivity contribution in [1.82, 2.24) is 10.4 Å². The van der Waals surface area contributed by atoms with Crippen LogP contribution in [0, 0.1) is 5.92 Å². The first-order valence-electron chi connectivity index (χ1n) is 6.19. The van der Waals surface area contributed by atoms with Crippen molar-refractivity contribution in [2.45, 2.75) is 52.2 Å². The minimum absolute atomic E-state index is 0.0419. The third kappa shape index (κ3) is 5.89. The highest BCUT2D eigenvalue weighted by molar-refractivity contribution is 5.68. The molecule has 0 aliphatic carbocycles. The van der Waals surface area contributed by atoms with E-state index < -0.39 is 11.7 Å². The molecule has 17 heavy (non-hydrogen) atoms. The number of alkyl carbamates (subject to hydrolysis) is 1. The second kappa shape index (κ2) is 5.69. The Morgan fingerprint density at radius 2 is 2.00 bits per heavy atom. The van der Waals surface area contributed by atoms with E-state index in [1.807, 2.05) is 20.8 Å². The van der Waals surface area contributed by atoms with Crippen LogP contribution in [0.5, 0.6) is 0 Å². The predicted octanol–water partition coefficient (Wildman–Crippen LogP) is 2.00. The van der Waals surface area contributed by atoms with Crippen LogP contribution in [-0.2, 0) is 4.74 Å². The zero-order chi connectivity index (χ0) is 13.1. The van der Waals surface area contributed by atoms with Gasteiger partial charge in [-0.3, -0.25) is 0 Å². The van der Waals surface area contributed by atoms with Crippen LogP contribution in [0.1, 0.15) is 40.5 Å². The number of carbonyl (C=O) groups is 1. The number of rotatable bonds is 1. The van der Waals surface area contributed by atoms with Gasteiger partial charge in [-0.1, -0.05) is 6.92 Å². The molecule has 1 saturated heterocycles. The lowest BCUT2D eigenvalue weighted by Gasteiger charge is -2.24. The maximum Gasteiger partial charge on any atom is 0.407 e. The van der Waals surface area contributed by atoms with Gasteiger partial charge in [0.25, 0.3) is 0 Å². The number of nitrogens with zero attached hydrogens (tertiary/aromatic N) is 1. The van der Waals surface area contributed by atoms with Crippen LogP contribution in [0.2, 0.25) is 0 Å². The average Bonchev–Trinajstić information content (AvgIpc) is 2.23. The topological polar surface area (TPSA) is 61.8 Å². The van der Waals surface area contributed by atoms with E-state index in [2.05, 4.69) is 12.2 Å². The Bertz CT molecular complexity index is 263. The number of ether oxygens (including phenoxy) is 1. The van der Waals surface area contributed by atoms with Gasteiger partial charge in [-0.05, 0) is 39.5 Å². The summed E-state index contributed by atoms with van der Waals surface area (Å²) in [4.78, 5) is 11.6. The lowest BCUT2D eigenvalue weighted by molar-refractivity contribution is -0.0987. The van der Waals surface area contributed by atoms with E-state index in [1.165, 1.54) is 5.06 Å². The summed E-state index contributed by atoms with van der Waals surface area (Å²) in [6.07, 6.45) is 1.46. The summed E-state index contributed by atoms with van der Waals surface area (Å²) in [6, 6.07) is -0.0419. The van der Waals surface area contributed by atoms with E-state index in [0.29, 0.717) is 19.0 Å². The van der Waals surface area contributed by atoms with Crippen LogP contribution < -0.4 is 5.32 Å². The first kappa shape index (κ1) is 14.3. The summed E-state index contributed by atoms with van der Waals surface area (Å²) in [5.74, 6) is 0.449. The van der Waals surface area contributed by atoms with Crippen LogP contribution >= 0.6 is 0 Å². The molecule has 5 nitrogen and oxygen atoms in total. The van der Waals surface area contributed by atoms with E-state index in [1.54, 1.807) is 0 Å². The van der Waals surface area contributed by atoms with Gasteiger partial charge >= 0.3 is 6.09 Å². The molecule has 2 N–H and O–H groups in total. The average molecular weight is 244 g/mol. The number of hydrogen-bond acceptors (Lipinski definition) is 4. The third-order valence-electron chi connectivity index (χ3n) is 2.68. The number of carbonyl (C=O) groups excluding carboxylic acids is 1. The van der Waals surface area contributed by atoms with Gasteiger partial charge in [0.2, 0.25) is 0 Å². The molecule has 0 saturated carbocycles. The minimum Gasteiger partial charge on any atom is -0.444 e. The van der Waals surface area contributed by atoms with Gasteiger partial charge in [0, 0.05) is 19.1 Å². The molecule has 1 aliphatic rings. The highest BCUT2D eigenvalue weighted by atomic mass is 16.6. The highest BCUT2D eigenvalue weighted by Crippen LogP contribution is 2.15. The van der Waals surface area contributed by atoms with Gasteiger partial charge in [0.15, 0.2) is 0 Å². The van der Waals surface area contributed by atoms with Gasteiger partial charge in [-0.2, -0.15) is 5.06 Å². The molecular formula is C12H24N2O3. The molecule has 0 bridgehead atoms. The van der Waals surface area contributed by atoms with Crippen LogP contribution in [-0.4, -0.2) is 41.1 Å². The smallest absolute Gasteiger partial charge is 0.407 e. The normalized spacial score (nSPS) is 27.4. The fourth-order valence-electron chi connectivity index (χ4n) is 1.95. The predicted molar refractivity (Wildman–Crippen MR) is 64.9 cm³/mol. The number of amides is 1. The number of nitrogens with one attached hydrogen (secondary N) is 1. The van der Waals surface area contributed by atoms with Crippen molar-refractivity contribution in [1.29, 1.82) is 0 Å². The highest BCUT2D eigenvalue weighted by Gasteiger charge is 2.24. The van der Waals surface area contributed by atoms with Crippen molar-refractivity contribution in [2.75, 3.05) is 13.1 Å². The molecule has 1 aliphatic heterocycles. The van der Waals surface area contributed by atoms with Crippen molar-refractivity contribution in [3.8, 4) is 0 Å². The minimum atomic E-state index is -0.485. The van der Waals surface area contributed by atoms with E-state index in [-0.39, 0.29) is 6.04 Å². The van der Waals surface area contributed by atoms with Crippen molar-refractivity contribution in [2.24, 2.45) is 5.92 Å². The molecule has 1 amide bonds. The molecule has 0 spiro atoms. The molecule has 0 radical (unpaired) electrons. The molecular weight excluding hydrogens is 220 g/mol. The SMILES string of the molecule is CC1CCC(NC(=O)OC(C)(C)C)CN(O)C1. The quantitative estimate of drug-likeness (QED) is 0.740. The molecule has 100 valence electrons. The maximum atomic E-state index is 11.6. The summed E-state index contributed by atoms with van der Waals surface area (Å²) in [7, 11) is 0. The molecule has 0 aromatic heterocycles. The van der Waals surface area contributed by atoms with Crippen LogP contribution in [0.25, 0.3) is 0 Å². The monoisotopic (exact) mass is 244 g/mol. The molecule has 2 atom stereocenters. The molecule has 1 rings (SSSR count). The summed E-state index contributed by atoms with van der Waals surface area (Å²) in [6.45, 7) is 8.72. The Kier molecular flexibility index (Phi) is 4.77. The zero-order valence-corrected chi connectivity index (χ0v) is 11.2. The van der Waals surface area contributed by atoms with Gasteiger partial charge in [-0.25, -0.2) is 4.79 Å². The summed E-state index contributed by atoms with van der Waals surface area (Å²) in [5.41, 5.74) is -0.485. The second-order valence-electron chi connectivity index (χ2n) is 5.90. The van der Waals surface area contributed by atoms with Gasteiger partial charge in [0.1, 0.15) is 5.60 Å². The first-order valence-corrected chi connectivity index (χ1v) is 6.19. The number of hydroxylamine groups is 2. The molecule has 0 aromatic carbocycles. The maximum absolute atomic E-state index is 11.6. The van der Waals surface area contributed by atoms with Crippen molar-refractivity contribution >= 4 is 6.09 Å². The Hall–Kier alpha value is -0.810. The summed E-state index contributed by atoms with van der Waals surface area (Å²) >= 11 is 0. The van der Waals surface area contributed by atoms with Crippen molar-refractivity contribution in [3.63, 3.8) is 0 Å². The fraction of sp³-hybridized carbons (Fsp3) is 0.917. The Morgan fingerprint density at radius 3 is 2.59 bits per heavy atom. The standard InChI is InChI=1S/C12H24N2O3/c1-9-5-6-10(8-14(16)7-9)13-11(15)17-12(2,3)4/h9-10,16H,5-8H2,1-4H3,(H,13,15). The molecule has 0 aromatic rings. The Labute approximate surface area is 103 Å². The first-order chi connectivity index (χ1) is 7.76. The Morgan fingerprint density at radius 1 is 1.35 bits per heavy atom. The van der Waals surface area contributed by atoms with Gasteiger partial charge in [-0.15, -0.1) is 0 Å². The molecule has 2 unspecified atom stereocenters. The van der Waals surface area contributed by atoms with Crippen LogP contribution in [0.3, 0.4) is 0 Å². The molecule has 1 fully saturated rings. The summed E-state index contributed by atoms with van der Waals surface area (Å²) in [5, 5.41) is 13.7. The zero-order valence-electron chi connectivity index (χ0n) is 11.2. The van der Waals surface area contributed by atoms with Gasteiger partial charge < -0.3 is 15.3 Å². The molecule has 1 heterocycles. The van der Waals surface area contributed by atoms with E-state index in [4.69, 9.17) is 4.74 Å². The number of hydrogen-bond donors (Lipinski definition) is 2. The van der Waals surface area contributed by atoms with E-state index in [9.17, 15) is 10.0 Å².